The highest BCUT2D eigenvalue weighted by Gasteiger charge is 2.36. The number of unbranched alkanes of at least 4 members (excludes halogenated alkanes) is 2. The fraction of sp³-hybridized carbons (Fsp3) is 0.360. The molecule has 8 nitrogen and oxygen atoms in total. The quantitative estimate of drug-likeness (QED) is 0.398. The van der Waals surface area contributed by atoms with Gasteiger partial charge in [-0.15, -0.1) is 0 Å². The summed E-state index contributed by atoms with van der Waals surface area (Å²) in [6.07, 6.45) is 2.85. The number of nitrogens with zero attached hydrogens (tertiary/aromatic N) is 1. The summed E-state index contributed by atoms with van der Waals surface area (Å²) in [7, 11) is 0. The van der Waals surface area contributed by atoms with Crippen LogP contribution in [0.3, 0.4) is 0 Å². The monoisotopic (exact) mass is 486 g/mol. The highest BCUT2D eigenvalue weighted by molar-refractivity contribution is 6.30. The lowest BCUT2D eigenvalue weighted by atomic mass is 10.1. The number of hydrogen-bond donors (Lipinski definition) is 1. The Kier molecular flexibility index (Phi) is 9.04. The van der Waals surface area contributed by atoms with Crippen LogP contribution in [-0.4, -0.2) is 43.5 Å². The molecule has 1 aliphatic rings. The molecule has 1 saturated heterocycles. The Bertz CT molecular complexity index is 1040. The zero-order valence-electron chi connectivity index (χ0n) is 18.9. The number of ether oxygens (including phenoxy) is 2. The smallest absolute Gasteiger partial charge is 0.338 e. The molecule has 1 N–H and O–H groups in total. The van der Waals surface area contributed by atoms with Gasteiger partial charge in [0, 0.05) is 29.4 Å². The summed E-state index contributed by atoms with van der Waals surface area (Å²) in [5.74, 6) is -2.46. The van der Waals surface area contributed by atoms with Gasteiger partial charge in [-0.2, -0.15) is 0 Å². The Morgan fingerprint density at radius 2 is 1.85 bits per heavy atom. The molecular formula is C25H27ClN2O6. The van der Waals surface area contributed by atoms with Crippen LogP contribution in [0.5, 0.6) is 0 Å². The van der Waals surface area contributed by atoms with Crippen LogP contribution in [-0.2, 0) is 23.9 Å². The van der Waals surface area contributed by atoms with Gasteiger partial charge in [0.25, 0.3) is 5.91 Å². The number of anilines is 2. The predicted octanol–water partition coefficient (Wildman–Crippen LogP) is 4.22. The van der Waals surface area contributed by atoms with E-state index >= 15 is 0 Å². The predicted molar refractivity (Wildman–Crippen MR) is 128 cm³/mol. The van der Waals surface area contributed by atoms with Crippen LogP contribution in [0.15, 0.2) is 48.5 Å². The van der Waals surface area contributed by atoms with Gasteiger partial charge in [-0.1, -0.05) is 37.4 Å². The van der Waals surface area contributed by atoms with Gasteiger partial charge in [0.2, 0.25) is 5.91 Å². The molecule has 1 heterocycles. The molecule has 0 bridgehead atoms. The lowest BCUT2D eigenvalue weighted by Crippen LogP contribution is -2.28. The van der Waals surface area contributed by atoms with Crippen molar-refractivity contribution in [2.45, 2.75) is 32.6 Å². The lowest BCUT2D eigenvalue weighted by molar-refractivity contribution is -0.151. The van der Waals surface area contributed by atoms with Crippen molar-refractivity contribution in [1.29, 1.82) is 0 Å². The summed E-state index contributed by atoms with van der Waals surface area (Å²) in [6.45, 7) is 2.11. The maximum atomic E-state index is 12.5. The minimum absolute atomic E-state index is 0.0179. The van der Waals surface area contributed by atoms with Gasteiger partial charge in [0.05, 0.1) is 18.1 Å². The molecule has 1 fully saturated rings. The second-order valence-electron chi connectivity index (χ2n) is 7.96. The molecule has 0 aliphatic carbocycles. The van der Waals surface area contributed by atoms with Crippen molar-refractivity contribution in [3.05, 3.63) is 59.1 Å². The Hall–Kier alpha value is -3.39. The molecule has 2 aromatic rings. The fourth-order valence-corrected chi connectivity index (χ4v) is 3.70. The number of esters is 2. The summed E-state index contributed by atoms with van der Waals surface area (Å²) in [6, 6.07) is 13.1. The van der Waals surface area contributed by atoms with Crippen LogP contribution in [0.1, 0.15) is 43.0 Å². The molecule has 2 aromatic carbocycles. The van der Waals surface area contributed by atoms with Gasteiger partial charge < -0.3 is 19.7 Å². The first-order valence-corrected chi connectivity index (χ1v) is 11.5. The third kappa shape index (κ3) is 7.05. The van der Waals surface area contributed by atoms with Crippen LogP contribution in [0, 0.1) is 5.92 Å². The van der Waals surface area contributed by atoms with Crippen molar-refractivity contribution in [2.75, 3.05) is 30.0 Å². The van der Waals surface area contributed by atoms with Crippen LogP contribution in [0.4, 0.5) is 11.4 Å². The van der Waals surface area contributed by atoms with Crippen molar-refractivity contribution in [3.8, 4) is 0 Å². The van der Waals surface area contributed by atoms with Crippen LogP contribution >= 0.6 is 11.6 Å². The molecule has 0 aromatic heterocycles. The number of benzene rings is 2. The first kappa shape index (κ1) is 25.2. The van der Waals surface area contributed by atoms with Gasteiger partial charge in [0.1, 0.15) is 0 Å². The molecule has 0 radical (unpaired) electrons. The van der Waals surface area contributed by atoms with Gasteiger partial charge in [0.15, 0.2) is 6.61 Å². The van der Waals surface area contributed by atoms with Gasteiger partial charge in [-0.05, 0) is 48.9 Å². The minimum atomic E-state index is -0.685. The first-order chi connectivity index (χ1) is 16.4. The summed E-state index contributed by atoms with van der Waals surface area (Å²) in [5.41, 5.74) is 1.46. The molecule has 0 saturated carbocycles. The molecule has 34 heavy (non-hydrogen) atoms. The largest absolute Gasteiger partial charge is 0.462 e. The Balaban J connectivity index is 1.48. The molecule has 0 spiro atoms. The summed E-state index contributed by atoms with van der Waals surface area (Å²) >= 11 is 5.88. The third-order valence-electron chi connectivity index (χ3n) is 5.31. The second kappa shape index (κ2) is 12.2. The summed E-state index contributed by atoms with van der Waals surface area (Å²) in [5, 5.41) is 3.06. The standard InChI is InChI=1S/C25H27ClN2O6/c1-2-3-4-12-33-24(31)17-8-10-21(11-9-17)28-15-18(13-23(28)30)25(32)34-16-22(29)27-20-7-5-6-19(26)14-20/h5-11,14,18H,2-4,12-13,15-16H2,1H3,(H,27,29)/t18-/m0/s1. The maximum Gasteiger partial charge on any atom is 0.338 e. The number of hydrogen-bond acceptors (Lipinski definition) is 6. The molecule has 2 amide bonds. The topological polar surface area (TPSA) is 102 Å². The zero-order chi connectivity index (χ0) is 24.5. The average Bonchev–Trinajstić information content (AvgIpc) is 3.22. The van der Waals surface area contributed by atoms with Crippen LogP contribution in [0.2, 0.25) is 5.02 Å². The second-order valence-corrected chi connectivity index (χ2v) is 8.40. The van der Waals surface area contributed by atoms with Crippen molar-refractivity contribution in [2.24, 2.45) is 5.92 Å². The van der Waals surface area contributed by atoms with E-state index in [0.29, 0.717) is 28.6 Å². The van der Waals surface area contributed by atoms with Crippen molar-refractivity contribution < 1.29 is 28.7 Å². The Morgan fingerprint density at radius 3 is 2.56 bits per heavy atom. The van der Waals surface area contributed by atoms with E-state index in [1.807, 2.05) is 0 Å². The molecule has 180 valence electrons. The number of nitrogens with one attached hydrogen (secondary N) is 1. The molecule has 1 aliphatic heterocycles. The van der Waals surface area contributed by atoms with E-state index in [9.17, 15) is 19.2 Å². The first-order valence-electron chi connectivity index (χ1n) is 11.2. The molecule has 3 rings (SSSR count). The number of carbonyl (C=O) groups excluding carboxylic acids is 4. The van der Waals surface area contributed by atoms with E-state index in [1.54, 1.807) is 48.5 Å². The molecule has 0 unspecified atom stereocenters. The van der Waals surface area contributed by atoms with E-state index in [4.69, 9.17) is 21.1 Å². The maximum absolute atomic E-state index is 12.5. The number of halogens is 1. The minimum Gasteiger partial charge on any atom is -0.462 e. The van der Waals surface area contributed by atoms with Crippen molar-refractivity contribution in [1.82, 2.24) is 0 Å². The number of rotatable bonds is 10. The van der Waals surface area contributed by atoms with Gasteiger partial charge >= 0.3 is 11.9 Å². The van der Waals surface area contributed by atoms with Crippen molar-refractivity contribution in [3.63, 3.8) is 0 Å². The van der Waals surface area contributed by atoms with Gasteiger partial charge in [-0.3, -0.25) is 14.4 Å². The van der Waals surface area contributed by atoms with Gasteiger partial charge in [-0.25, -0.2) is 4.79 Å². The van der Waals surface area contributed by atoms with Crippen LogP contribution in [0.25, 0.3) is 0 Å². The SMILES string of the molecule is CCCCCOC(=O)c1ccc(N2C[C@@H](C(=O)OCC(=O)Nc3cccc(Cl)c3)CC2=O)cc1. The van der Waals surface area contributed by atoms with E-state index in [-0.39, 0.29) is 18.9 Å². The van der Waals surface area contributed by atoms with Crippen molar-refractivity contribution >= 4 is 46.7 Å². The molecular weight excluding hydrogens is 460 g/mol. The zero-order valence-corrected chi connectivity index (χ0v) is 19.7. The number of amides is 2. The molecule has 9 heteroatoms. The van der Waals surface area contributed by atoms with Crippen LogP contribution < -0.4 is 10.2 Å². The average molecular weight is 487 g/mol. The number of carbonyl (C=O) groups is 4. The lowest BCUT2D eigenvalue weighted by Gasteiger charge is -2.17. The highest BCUT2D eigenvalue weighted by atomic mass is 35.5. The third-order valence-corrected chi connectivity index (χ3v) is 5.54. The Labute approximate surface area is 203 Å². The van der Waals surface area contributed by atoms with E-state index in [1.165, 1.54) is 4.90 Å². The Morgan fingerprint density at radius 1 is 1.09 bits per heavy atom. The van der Waals surface area contributed by atoms with E-state index in [0.717, 1.165) is 19.3 Å². The fourth-order valence-electron chi connectivity index (χ4n) is 3.51. The van der Waals surface area contributed by atoms with E-state index in [2.05, 4.69) is 12.2 Å². The molecule has 1 atom stereocenters. The summed E-state index contributed by atoms with van der Waals surface area (Å²) < 4.78 is 10.3. The van der Waals surface area contributed by atoms with E-state index < -0.39 is 30.4 Å². The normalized spacial score (nSPS) is 15.2. The summed E-state index contributed by atoms with van der Waals surface area (Å²) in [4.78, 5) is 50.5. The highest BCUT2D eigenvalue weighted by Crippen LogP contribution is 2.26.